The number of rotatable bonds is 2. The number of aryl methyl sites for hydroxylation is 1. The van der Waals surface area contributed by atoms with Crippen LogP contribution in [0.15, 0.2) is 4.52 Å². The zero-order valence-corrected chi connectivity index (χ0v) is 8.66. The van der Waals surface area contributed by atoms with Gasteiger partial charge in [0.1, 0.15) is 0 Å². The Balaban J connectivity index is 1.95. The molecule has 0 amide bonds. The standard InChI is InChI=1S/C9H16N4O/c1-7-5-10-3-4-13(7)6-9-11-8(2)14-12-9/h7,10H,3-6H2,1-2H3. The fourth-order valence-corrected chi connectivity index (χ4v) is 1.71. The monoisotopic (exact) mass is 196 g/mol. The van der Waals surface area contributed by atoms with Crippen LogP contribution in [0.1, 0.15) is 18.6 Å². The van der Waals surface area contributed by atoms with Crippen LogP contribution >= 0.6 is 0 Å². The Kier molecular flexibility index (Phi) is 2.79. The molecule has 1 unspecified atom stereocenters. The van der Waals surface area contributed by atoms with Gasteiger partial charge in [0.25, 0.3) is 0 Å². The van der Waals surface area contributed by atoms with E-state index >= 15 is 0 Å². The van der Waals surface area contributed by atoms with Gasteiger partial charge in [-0.3, -0.25) is 4.90 Å². The lowest BCUT2D eigenvalue weighted by Gasteiger charge is -2.32. The van der Waals surface area contributed by atoms with Gasteiger partial charge in [-0.1, -0.05) is 5.16 Å². The van der Waals surface area contributed by atoms with Gasteiger partial charge in [-0.05, 0) is 6.92 Å². The summed E-state index contributed by atoms with van der Waals surface area (Å²) < 4.78 is 4.94. The van der Waals surface area contributed by atoms with Crippen molar-refractivity contribution in [1.29, 1.82) is 0 Å². The highest BCUT2D eigenvalue weighted by molar-refractivity contribution is 4.87. The van der Waals surface area contributed by atoms with E-state index in [2.05, 4.69) is 27.3 Å². The Morgan fingerprint density at radius 1 is 1.64 bits per heavy atom. The molecule has 0 bridgehead atoms. The molecule has 1 atom stereocenters. The first kappa shape index (κ1) is 9.61. The summed E-state index contributed by atoms with van der Waals surface area (Å²) in [6.45, 7) is 7.95. The quantitative estimate of drug-likeness (QED) is 0.731. The third-order valence-corrected chi connectivity index (χ3v) is 2.55. The Morgan fingerprint density at radius 3 is 3.14 bits per heavy atom. The molecule has 1 saturated heterocycles. The van der Waals surface area contributed by atoms with Gasteiger partial charge in [-0.15, -0.1) is 0 Å². The van der Waals surface area contributed by atoms with Gasteiger partial charge >= 0.3 is 0 Å². The fraction of sp³-hybridized carbons (Fsp3) is 0.778. The van der Waals surface area contributed by atoms with Crippen molar-refractivity contribution < 1.29 is 4.52 Å². The molecule has 78 valence electrons. The molecule has 5 heteroatoms. The van der Waals surface area contributed by atoms with Crippen molar-refractivity contribution in [2.45, 2.75) is 26.4 Å². The molecule has 0 spiro atoms. The van der Waals surface area contributed by atoms with E-state index in [1.54, 1.807) is 0 Å². The minimum absolute atomic E-state index is 0.544. The molecule has 1 fully saturated rings. The van der Waals surface area contributed by atoms with E-state index in [-0.39, 0.29) is 0 Å². The molecule has 0 aromatic carbocycles. The zero-order valence-electron chi connectivity index (χ0n) is 8.66. The van der Waals surface area contributed by atoms with E-state index < -0.39 is 0 Å². The summed E-state index contributed by atoms with van der Waals surface area (Å²) in [4.78, 5) is 6.56. The summed E-state index contributed by atoms with van der Waals surface area (Å²) in [6.07, 6.45) is 0. The molecule has 14 heavy (non-hydrogen) atoms. The first-order chi connectivity index (χ1) is 6.75. The van der Waals surface area contributed by atoms with Crippen molar-refractivity contribution in [3.8, 4) is 0 Å². The highest BCUT2D eigenvalue weighted by Crippen LogP contribution is 2.07. The maximum atomic E-state index is 4.94. The molecule has 0 aliphatic carbocycles. The van der Waals surface area contributed by atoms with Crippen molar-refractivity contribution in [2.24, 2.45) is 0 Å². The summed E-state index contributed by atoms with van der Waals surface area (Å²) in [6, 6.07) is 0.544. The van der Waals surface area contributed by atoms with E-state index in [4.69, 9.17) is 4.52 Å². The molecule has 1 aliphatic rings. The maximum absolute atomic E-state index is 4.94. The number of hydrogen-bond acceptors (Lipinski definition) is 5. The van der Waals surface area contributed by atoms with Gasteiger partial charge in [-0.2, -0.15) is 4.98 Å². The molecule has 0 saturated carbocycles. The van der Waals surface area contributed by atoms with Crippen molar-refractivity contribution in [2.75, 3.05) is 19.6 Å². The van der Waals surface area contributed by atoms with E-state index in [9.17, 15) is 0 Å². The summed E-state index contributed by atoms with van der Waals surface area (Å²) in [7, 11) is 0. The second kappa shape index (κ2) is 4.06. The van der Waals surface area contributed by atoms with Crippen LogP contribution < -0.4 is 5.32 Å². The first-order valence-corrected chi connectivity index (χ1v) is 4.99. The third-order valence-electron chi connectivity index (χ3n) is 2.55. The van der Waals surface area contributed by atoms with Crippen LogP contribution in [0.4, 0.5) is 0 Å². The highest BCUT2D eigenvalue weighted by Gasteiger charge is 2.19. The average molecular weight is 196 g/mol. The van der Waals surface area contributed by atoms with Crippen LogP contribution in [0, 0.1) is 6.92 Å². The first-order valence-electron chi connectivity index (χ1n) is 4.99. The van der Waals surface area contributed by atoms with E-state index in [0.717, 1.165) is 32.0 Å². The molecule has 5 nitrogen and oxygen atoms in total. The molecule has 1 aromatic rings. The van der Waals surface area contributed by atoms with Crippen LogP contribution in [0.5, 0.6) is 0 Å². The number of piperazine rings is 1. The van der Waals surface area contributed by atoms with Crippen LogP contribution in [0.2, 0.25) is 0 Å². The van der Waals surface area contributed by atoms with Crippen LogP contribution in [-0.2, 0) is 6.54 Å². The van der Waals surface area contributed by atoms with Crippen molar-refractivity contribution >= 4 is 0 Å². The predicted octanol–water partition coefficient (Wildman–Crippen LogP) is 0.172. The maximum Gasteiger partial charge on any atom is 0.223 e. The van der Waals surface area contributed by atoms with E-state index in [1.807, 2.05) is 6.92 Å². The number of nitrogens with one attached hydrogen (secondary N) is 1. The highest BCUT2D eigenvalue weighted by atomic mass is 16.5. The van der Waals surface area contributed by atoms with Crippen molar-refractivity contribution in [3.63, 3.8) is 0 Å². The molecule has 1 N–H and O–H groups in total. The smallest absolute Gasteiger partial charge is 0.223 e. The minimum atomic E-state index is 0.544. The summed E-state index contributed by atoms with van der Waals surface area (Å²) >= 11 is 0. The Bertz CT molecular complexity index is 299. The molecule has 0 radical (unpaired) electrons. The summed E-state index contributed by atoms with van der Waals surface area (Å²) in [5.74, 6) is 1.43. The van der Waals surface area contributed by atoms with Gasteiger partial charge < -0.3 is 9.84 Å². The molecular weight excluding hydrogens is 180 g/mol. The van der Waals surface area contributed by atoms with Crippen molar-refractivity contribution in [3.05, 3.63) is 11.7 Å². The Labute approximate surface area is 83.5 Å². The third kappa shape index (κ3) is 2.10. The largest absolute Gasteiger partial charge is 0.340 e. The molecule has 1 aromatic heterocycles. The van der Waals surface area contributed by atoms with Gasteiger partial charge in [0.2, 0.25) is 5.89 Å². The lowest BCUT2D eigenvalue weighted by Crippen LogP contribution is -2.49. The van der Waals surface area contributed by atoms with E-state index in [1.165, 1.54) is 0 Å². The van der Waals surface area contributed by atoms with Crippen LogP contribution in [0.25, 0.3) is 0 Å². The SMILES string of the molecule is Cc1nc(CN2CCNCC2C)no1. The van der Waals surface area contributed by atoms with Gasteiger partial charge in [0.15, 0.2) is 5.82 Å². The molecule has 2 heterocycles. The van der Waals surface area contributed by atoms with Crippen LogP contribution in [0.3, 0.4) is 0 Å². The second-order valence-electron chi connectivity index (χ2n) is 3.75. The number of aromatic nitrogens is 2. The zero-order chi connectivity index (χ0) is 9.97. The lowest BCUT2D eigenvalue weighted by atomic mass is 10.2. The van der Waals surface area contributed by atoms with Gasteiger partial charge in [-0.25, -0.2) is 0 Å². The Hall–Kier alpha value is -0.940. The topological polar surface area (TPSA) is 54.2 Å². The minimum Gasteiger partial charge on any atom is -0.340 e. The van der Waals surface area contributed by atoms with E-state index in [0.29, 0.717) is 11.9 Å². The van der Waals surface area contributed by atoms with Gasteiger partial charge in [0, 0.05) is 32.6 Å². The molecule has 2 rings (SSSR count). The summed E-state index contributed by atoms with van der Waals surface area (Å²) in [5.41, 5.74) is 0. The summed E-state index contributed by atoms with van der Waals surface area (Å²) in [5, 5.41) is 7.25. The molecular formula is C9H16N4O. The van der Waals surface area contributed by atoms with Crippen LogP contribution in [-0.4, -0.2) is 40.7 Å². The second-order valence-corrected chi connectivity index (χ2v) is 3.75. The lowest BCUT2D eigenvalue weighted by molar-refractivity contribution is 0.160. The molecule has 1 aliphatic heterocycles. The number of hydrogen-bond donors (Lipinski definition) is 1. The predicted molar refractivity (Wildman–Crippen MR) is 51.8 cm³/mol. The average Bonchev–Trinajstić information content (AvgIpc) is 2.56. The Morgan fingerprint density at radius 2 is 2.50 bits per heavy atom. The normalized spacial score (nSPS) is 24.0. The van der Waals surface area contributed by atoms with Crippen molar-refractivity contribution in [1.82, 2.24) is 20.4 Å². The number of nitrogens with zero attached hydrogens (tertiary/aromatic N) is 3. The van der Waals surface area contributed by atoms with Gasteiger partial charge in [0.05, 0.1) is 6.54 Å². The fourth-order valence-electron chi connectivity index (χ4n) is 1.71.